The normalized spacial score (nSPS) is 19.6. The van der Waals surface area contributed by atoms with Gasteiger partial charge in [0.25, 0.3) is 5.91 Å². The molecule has 2 aromatic carbocycles. The average Bonchev–Trinajstić information content (AvgIpc) is 2.57. The second-order valence-corrected chi connectivity index (χ2v) is 7.08. The van der Waals surface area contributed by atoms with Crippen molar-refractivity contribution in [2.75, 3.05) is 0 Å². The van der Waals surface area contributed by atoms with Crippen LogP contribution in [0.5, 0.6) is 11.5 Å². The number of halogens is 2. The Morgan fingerprint density at radius 1 is 1.04 bits per heavy atom. The van der Waals surface area contributed by atoms with Crippen molar-refractivity contribution in [1.82, 2.24) is 5.32 Å². The molecular formula is C19H22BrClN2O2. The van der Waals surface area contributed by atoms with E-state index in [4.69, 9.17) is 10.5 Å². The van der Waals surface area contributed by atoms with Crippen molar-refractivity contribution < 1.29 is 9.53 Å². The number of nitrogens with one attached hydrogen (secondary N) is 1. The maximum Gasteiger partial charge on any atom is 0.251 e. The van der Waals surface area contributed by atoms with Gasteiger partial charge in [0.1, 0.15) is 11.5 Å². The van der Waals surface area contributed by atoms with Crippen molar-refractivity contribution in [2.24, 2.45) is 5.73 Å². The molecule has 1 aliphatic rings. The summed E-state index contributed by atoms with van der Waals surface area (Å²) >= 11 is 3.42. The number of rotatable bonds is 4. The fraction of sp³-hybridized carbons (Fsp3) is 0.316. The molecule has 134 valence electrons. The molecule has 3 N–H and O–H groups in total. The molecule has 0 bridgehead atoms. The molecule has 0 atom stereocenters. The molecule has 4 nitrogen and oxygen atoms in total. The van der Waals surface area contributed by atoms with Crippen LogP contribution in [0.25, 0.3) is 0 Å². The Morgan fingerprint density at radius 3 is 2.36 bits per heavy atom. The monoisotopic (exact) mass is 424 g/mol. The number of amides is 1. The van der Waals surface area contributed by atoms with Gasteiger partial charge >= 0.3 is 0 Å². The fourth-order valence-corrected chi connectivity index (χ4v) is 3.25. The van der Waals surface area contributed by atoms with E-state index in [-0.39, 0.29) is 30.4 Å². The maximum absolute atomic E-state index is 12.3. The lowest BCUT2D eigenvalue weighted by atomic mass is 9.91. The molecule has 0 saturated heterocycles. The first-order chi connectivity index (χ1) is 11.6. The van der Waals surface area contributed by atoms with Crippen LogP contribution in [-0.4, -0.2) is 18.0 Å². The van der Waals surface area contributed by atoms with Gasteiger partial charge in [0, 0.05) is 22.1 Å². The van der Waals surface area contributed by atoms with Crippen LogP contribution in [0.3, 0.4) is 0 Å². The Labute approximate surface area is 162 Å². The van der Waals surface area contributed by atoms with Crippen LogP contribution in [0.2, 0.25) is 0 Å². The Morgan fingerprint density at radius 2 is 1.72 bits per heavy atom. The highest BCUT2D eigenvalue weighted by molar-refractivity contribution is 9.10. The number of carbonyl (C=O) groups is 1. The molecule has 1 fully saturated rings. The molecule has 0 aromatic heterocycles. The standard InChI is InChI=1S/C19H21BrN2O2.ClH/c20-14-2-1-3-18(12-14)24-17-10-4-13(5-11-17)19(23)22-16-8-6-15(21)7-9-16;/h1-5,10-12,15-16H,6-9,21H2,(H,22,23);1H. The smallest absolute Gasteiger partial charge is 0.251 e. The van der Waals surface area contributed by atoms with E-state index >= 15 is 0 Å². The van der Waals surface area contributed by atoms with E-state index in [0.29, 0.717) is 11.3 Å². The van der Waals surface area contributed by atoms with Crippen LogP contribution < -0.4 is 15.8 Å². The second-order valence-electron chi connectivity index (χ2n) is 6.17. The van der Waals surface area contributed by atoms with Crippen LogP contribution in [0, 0.1) is 0 Å². The van der Waals surface area contributed by atoms with E-state index in [1.54, 1.807) is 12.1 Å². The Balaban J connectivity index is 0.00000225. The molecule has 3 rings (SSSR count). The first-order valence-electron chi connectivity index (χ1n) is 8.20. The van der Waals surface area contributed by atoms with E-state index < -0.39 is 0 Å². The zero-order valence-electron chi connectivity index (χ0n) is 13.8. The summed E-state index contributed by atoms with van der Waals surface area (Å²) in [7, 11) is 0. The number of nitrogens with two attached hydrogens (primary N) is 1. The highest BCUT2D eigenvalue weighted by Gasteiger charge is 2.20. The molecule has 0 spiro atoms. The van der Waals surface area contributed by atoms with E-state index in [0.717, 1.165) is 35.9 Å². The SMILES string of the molecule is Cl.NC1CCC(NC(=O)c2ccc(Oc3cccc(Br)c3)cc2)CC1. The molecule has 1 saturated carbocycles. The summed E-state index contributed by atoms with van der Waals surface area (Å²) in [6.07, 6.45) is 3.86. The summed E-state index contributed by atoms with van der Waals surface area (Å²) in [6, 6.07) is 15.4. The third-order valence-corrected chi connectivity index (χ3v) is 4.75. The molecule has 0 aliphatic heterocycles. The van der Waals surface area contributed by atoms with E-state index in [9.17, 15) is 4.79 Å². The largest absolute Gasteiger partial charge is 0.457 e. The quantitative estimate of drug-likeness (QED) is 0.748. The van der Waals surface area contributed by atoms with Gasteiger partial charge in [-0.3, -0.25) is 4.79 Å². The third kappa shape index (κ3) is 5.73. The first kappa shape index (κ1) is 19.8. The molecular weight excluding hydrogens is 404 g/mol. The molecule has 2 aromatic rings. The van der Waals surface area contributed by atoms with Crippen LogP contribution in [-0.2, 0) is 0 Å². The number of hydrogen-bond donors (Lipinski definition) is 2. The lowest BCUT2D eigenvalue weighted by Gasteiger charge is -2.26. The maximum atomic E-state index is 12.3. The minimum Gasteiger partial charge on any atom is -0.457 e. The van der Waals surface area contributed by atoms with Gasteiger partial charge in [0.2, 0.25) is 0 Å². The Bertz CT molecular complexity index is 701. The molecule has 0 heterocycles. The third-order valence-electron chi connectivity index (χ3n) is 4.26. The van der Waals surface area contributed by atoms with Gasteiger partial charge < -0.3 is 15.8 Å². The lowest BCUT2D eigenvalue weighted by molar-refractivity contribution is 0.0926. The number of carbonyl (C=O) groups excluding carboxylic acids is 1. The van der Waals surface area contributed by atoms with Gasteiger partial charge in [0.15, 0.2) is 0 Å². The van der Waals surface area contributed by atoms with Gasteiger partial charge in [-0.2, -0.15) is 0 Å². The Hall–Kier alpha value is -1.56. The molecule has 0 radical (unpaired) electrons. The van der Waals surface area contributed by atoms with Crippen LogP contribution in [0.4, 0.5) is 0 Å². The van der Waals surface area contributed by atoms with Crippen molar-refractivity contribution >= 4 is 34.2 Å². The summed E-state index contributed by atoms with van der Waals surface area (Å²) in [5, 5.41) is 3.09. The van der Waals surface area contributed by atoms with Gasteiger partial charge in [0.05, 0.1) is 0 Å². The second kappa shape index (κ2) is 9.22. The van der Waals surface area contributed by atoms with Gasteiger partial charge in [-0.25, -0.2) is 0 Å². The zero-order chi connectivity index (χ0) is 16.9. The van der Waals surface area contributed by atoms with Gasteiger partial charge in [-0.05, 0) is 68.1 Å². The number of benzene rings is 2. The highest BCUT2D eigenvalue weighted by atomic mass is 79.9. The minimum atomic E-state index is -0.0375. The summed E-state index contributed by atoms with van der Waals surface area (Å²) in [5.41, 5.74) is 6.54. The predicted molar refractivity (Wildman–Crippen MR) is 106 cm³/mol. The summed E-state index contributed by atoms with van der Waals surface area (Å²) in [6.45, 7) is 0. The van der Waals surface area contributed by atoms with Crippen molar-refractivity contribution in [3.05, 3.63) is 58.6 Å². The van der Waals surface area contributed by atoms with Gasteiger partial charge in [-0.15, -0.1) is 12.4 Å². The zero-order valence-corrected chi connectivity index (χ0v) is 16.2. The van der Waals surface area contributed by atoms with Gasteiger partial charge in [-0.1, -0.05) is 22.0 Å². The van der Waals surface area contributed by atoms with Crippen molar-refractivity contribution in [2.45, 2.75) is 37.8 Å². The fourth-order valence-electron chi connectivity index (χ4n) is 2.87. The lowest BCUT2D eigenvalue weighted by Crippen LogP contribution is -2.40. The number of hydrogen-bond acceptors (Lipinski definition) is 3. The summed E-state index contributed by atoms with van der Waals surface area (Å²) in [5.74, 6) is 1.41. The topological polar surface area (TPSA) is 64.3 Å². The predicted octanol–water partition coefficient (Wildman–Crippen LogP) is 4.66. The van der Waals surface area contributed by atoms with Crippen LogP contribution >= 0.6 is 28.3 Å². The average molecular weight is 426 g/mol. The van der Waals surface area contributed by atoms with Crippen molar-refractivity contribution in [1.29, 1.82) is 0 Å². The summed E-state index contributed by atoms with van der Waals surface area (Å²) in [4.78, 5) is 12.3. The minimum absolute atomic E-state index is 0. The Kier molecular flexibility index (Phi) is 7.29. The van der Waals surface area contributed by atoms with Crippen LogP contribution in [0.15, 0.2) is 53.0 Å². The molecule has 25 heavy (non-hydrogen) atoms. The van der Waals surface area contributed by atoms with Crippen LogP contribution in [0.1, 0.15) is 36.0 Å². The molecule has 1 aliphatic carbocycles. The van der Waals surface area contributed by atoms with Crippen molar-refractivity contribution in [3.63, 3.8) is 0 Å². The molecule has 0 unspecified atom stereocenters. The van der Waals surface area contributed by atoms with E-state index in [1.807, 2.05) is 36.4 Å². The summed E-state index contributed by atoms with van der Waals surface area (Å²) < 4.78 is 6.74. The highest BCUT2D eigenvalue weighted by Crippen LogP contribution is 2.24. The molecule has 6 heteroatoms. The van der Waals surface area contributed by atoms with Crippen molar-refractivity contribution in [3.8, 4) is 11.5 Å². The number of ether oxygens (including phenoxy) is 1. The van der Waals surface area contributed by atoms with E-state index in [1.165, 1.54) is 0 Å². The molecule has 1 amide bonds. The van der Waals surface area contributed by atoms with E-state index in [2.05, 4.69) is 21.2 Å². The first-order valence-corrected chi connectivity index (χ1v) is 8.99.